The van der Waals surface area contributed by atoms with E-state index < -0.39 is 0 Å². The summed E-state index contributed by atoms with van der Waals surface area (Å²) in [5, 5.41) is 0. The second kappa shape index (κ2) is 2.22. The van der Waals surface area contributed by atoms with E-state index in [0.717, 1.165) is 0 Å². The molecule has 0 saturated carbocycles. The van der Waals surface area contributed by atoms with Crippen molar-refractivity contribution in [1.82, 2.24) is 0 Å². The lowest BCUT2D eigenvalue weighted by Crippen LogP contribution is -1.78. The Labute approximate surface area is 58.0 Å². The first-order valence-corrected chi connectivity index (χ1v) is 3.23. The molecule has 0 heterocycles. The van der Waals surface area contributed by atoms with Gasteiger partial charge in [-0.15, -0.1) is 0 Å². The monoisotopic (exact) mass is 122 g/mol. The lowest BCUT2D eigenvalue weighted by molar-refractivity contribution is 1.32. The fraction of sp³-hybridized carbons (Fsp3) is 0.333. The van der Waals surface area contributed by atoms with Crippen molar-refractivity contribution in [3.63, 3.8) is 0 Å². The highest BCUT2D eigenvalue weighted by atomic mass is 13.9. The summed E-state index contributed by atoms with van der Waals surface area (Å²) < 4.78 is 0. The summed E-state index contributed by atoms with van der Waals surface area (Å²) in [4.78, 5) is 0. The molecule has 0 heteroatoms. The number of hydrogen-bond donors (Lipinski definition) is 0. The Bertz CT molecular complexity index is 165. The first kappa shape index (κ1) is 6.34. The van der Waals surface area contributed by atoms with Gasteiger partial charge >= 0.3 is 0 Å². The second-order valence-corrected chi connectivity index (χ2v) is 2.67. The van der Waals surface area contributed by atoms with E-state index >= 15 is 0 Å². The summed E-state index contributed by atoms with van der Waals surface area (Å²) in [7, 11) is 0. The van der Waals surface area contributed by atoms with Crippen LogP contribution in [0, 0.1) is 20.8 Å². The molecule has 1 aromatic rings. The van der Waals surface area contributed by atoms with Crippen LogP contribution in [0.1, 0.15) is 18.1 Å². The van der Waals surface area contributed by atoms with Crippen LogP contribution in [-0.4, -0.2) is 0 Å². The molecule has 50 valence electrons. The lowest BCUT2D eigenvalue weighted by Gasteiger charge is -1.96. The lowest BCUT2D eigenvalue weighted by atomic mass is 10.1. The Morgan fingerprint density at radius 2 is 1.00 bits per heavy atom. The second-order valence-electron chi connectivity index (χ2n) is 2.67. The largest absolute Gasteiger partial charge is 0.0564 e. The fourth-order valence-electron chi connectivity index (χ4n) is 1.20. The molecule has 0 N–H and O–H groups in total. The molecule has 0 saturated heterocycles. The minimum atomic E-state index is 0. The SMILES string of the molecule is Cc1cc(C)cc(C)c1.[HH]. The highest BCUT2D eigenvalue weighted by Gasteiger charge is 1.87. The molecule has 1 rings (SSSR count). The minimum Gasteiger partial charge on any atom is -0.0564 e. The van der Waals surface area contributed by atoms with Gasteiger partial charge in [0.25, 0.3) is 0 Å². The van der Waals surface area contributed by atoms with Crippen LogP contribution in [0.3, 0.4) is 0 Å². The maximum atomic E-state index is 2.19. The predicted molar refractivity (Wildman–Crippen MR) is 42.8 cm³/mol. The van der Waals surface area contributed by atoms with Crippen molar-refractivity contribution in [3.05, 3.63) is 34.9 Å². The van der Waals surface area contributed by atoms with Crippen molar-refractivity contribution in [2.75, 3.05) is 0 Å². The van der Waals surface area contributed by atoms with Gasteiger partial charge in [-0.25, -0.2) is 0 Å². The van der Waals surface area contributed by atoms with Gasteiger partial charge < -0.3 is 0 Å². The molecular formula is C9H14. The number of rotatable bonds is 0. The van der Waals surface area contributed by atoms with Crippen LogP contribution in [-0.2, 0) is 0 Å². The zero-order valence-electron chi connectivity index (χ0n) is 6.23. The van der Waals surface area contributed by atoms with Crippen molar-refractivity contribution >= 4 is 0 Å². The summed E-state index contributed by atoms with van der Waals surface area (Å²) in [6.45, 7) is 6.38. The third kappa shape index (κ3) is 1.56. The molecule has 0 aliphatic carbocycles. The van der Waals surface area contributed by atoms with Crippen molar-refractivity contribution in [1.29, 1.82) is 0 Å². The van der Waals surface area contributed by atoms with Crippen molar-refractivity contribution in [2.24, 2.45) is 0 Å². The first-order chi connectivity index (χ1) is 4.18. The van der Waals surface area contributed by atoms with E-state index in [1.54, 1.807) is 0 Å². The molecule has 0 radical (unpaired) electrons. The number of benzene rings is 1. The van der Waals surface area contributed by atoms with Gasteiger partial charge in [0.05, 0.1) is 0 Å². The van der Waals surface area contributed by atoms with E-state index in [-0.39, 0.29) is 1.43 Å². The highest BCUT2D eigenvalue weighted by Crippen LogP contribution is 2.06. The summed E-state index contributed by atoms with van der Waals surface area (Å²) in [5.41, 5.74) is 4.06. The van der Waals surface area contributed by atoms with E-state index in [2.05, 4.69) is 39.0 Å². The summed E-state index contributed by atoms with van der Waals surface area (Å²) in [5.74, 6) is 0. The minimum absolute atomic E-state index is 0. The zero-order chi connectivity index (χ0) is 6.85. The summed E-state index contributed by atoms with van der Waals surface area (Å²) in [6.07, 6.45) is 0. The molecule has 0 unspecified atom stereocenters. The Morgan fingerprint density at radius 3 is 1.22 bits per heavy atom. The third-order valence-electron chi connectivity index (χ3n) is 1.37. The van der Waals surface area contributed by atoms with Crippen molar-refractivity contribution in [3.8, 4) is 0 Å². The first-order valence-electron chi connectivity index (χ1n) is 3.23. The van der Waals surface area contributed by atoms with Gasteiger partial charge in [0.15, 0.2) is 0 Å². The smallest absolute Gasteiger partial charge is 0 e. The molecule has 0 aromatic heterocycles. The maximum Gasteiger partial charge on any atom is 0 e. The molecule has 0 nitrogen and oxygen atoms in total. The van der Waals surface area contributed by atoms with Gasteiger partial charge in [0.1, 0.15) is 0 Å². The van der Waals surface area contributed by atoms with Crippen molar-refractivity contribution in [2.45, 2.75) is 20.8 Å². The molecule has 1 aromatic carbocycles. The summed E-state index contributed by atoms with van der Waals surface area (Å²) in [6, 6.07) is 6.56. The highest BCUT2D eigenvalue weighted by molar-refractivity contribution is 5.27. The van der Waals surface area contributed by atoms with Gasteiger partial charge in [0, 0.05) is 1.43 Å². The van der Waals surface area contributed by atoms with E-state index in [0.29, 0.717) is 0 Å². The Balaban J connectivity index is 0.000000810. The van der Waals surface area contributed by atoms with Crippen LogP contribution in [0.15, 0.2) is 18.2 Å². The van der Waals surface area contributed by atoms with Crippen LogP contribution < -0.4 is 0 Å². The normalized spacial score (nSPS) is 9.67. The molecular weight excluding hydrogens is 108 g/mol. The van der Waals surface area contributed by atoms with E-state index in [9.17, 15) is 0 Å². The Hall–Kier alpha value is -0.780. The Morgan fingerprint density at radius 1 is 0.778 bits per heavy atom. The molecule has 0 aliphatic rings. The molecule has 0 amide bonds. The van der Waals surface area contributed by atoms with E-state index in [1.807, 2.05) is 0 Å². The van der Waals surface area contributed by atoms with Crippen LogP contribution >= 0.6 is 0 Å². The zero-order valence-corrected chi connectivity index (χ0v) is 6.23. The summed E-state index contributed by atoms with van der Waals surface area (Å²) >= 11 is 0. The van der Waals surface area contributed by atoms with Gasteiger partial charge in [-0.05, 0) is 20.8 Å². The van der Waals surface area contributed by atoms with E-state index in [1.165, 1.54) is 16.7 Å². The van der Waals surface area contributed by atoms with Crippen LogP contribution in [0.2, 0.25) is 0 Å². The predicted octanol–water partition coefficient (Wildman–Crippen LogP) is 2.86. The quantitative estimate of drug-likeness (QED) is 0.496. The van der Waals surface area contributed by atoms with Crippen LogP contribution in [0.4, 0.5) is 0 Å². The average molecular weight is 122 g/mol. The van der Waals surface area contributed by atoms with Gasteiger partial charge in [-0.3, -0.25) is 0 Å². The maximum absolute atomic E-state index is 2.19. The fourth-order valence-corrected chi connectivity index (χ4v) is 1.20. The average Bonchev–Trinajstić information content (AvgIpc) is 1.59. The van der Waals surface area contributed by atoms with Crippen molar-refractivity contribution < 1.29 is 1.43 Å². The standard InChI is InChI=1S/C9H12.H2/c1-7-4-8(2)6-9(3)5-7;/h4-6H,1-3H3;1H. The Kier molecular flexibility index (Phi) is 1.56. The molecule has 0 bridgehead atoms. The number of hydrogen-bond acceptors (Lipinski definition) is 0. The van der Waals surface area contributed by atoms with Crippen LogP contribution in [0.25, 0.3) is 0 Å². The van der Waals surface area contributed by atoms with Gasteiger partial charge in [0.2, 0.25) is 0 Å². The molecule has 0 fully saturated rings. The third-order valence-corrected chi connectivity index (χ3v) is 1.37. The molecule has 9 heavy (non-hydrogen) atoms. The molecule has 0 aliphatic heterocycles. The number of aryl methyl sites for hydroxylation is 3. The molecule has 0 spiro atoms. The topological polar surface area (TPSA) is 0 Å². The van der Waals surface area contributed by atoms with E-state index in [4.69, 9.17) is 0 Å². The molecule has 0 atom stereocenters. The van der Waals surface area contributed by atoms with Crippen LogP contribution in [0.5, 0.6) is 0 Å². The van der Waals surface area contributed by atoms with Gasteiger partial charge in [-0.2, -0.15) is 0 Å². The van der Waals surface area contributed by atoms with Gasteiger partial charge in [-0.1, -0.05) is 34.9 Å².